The molecule has 2 N–H and O–H groups in total. The molecular formula is C15H28N4S. The Hall–Kier alpha value is -1.10. The van der Waals surface area contributed by atoms with Crippen molar-refractivity contribution in [3.05, 3.63) is 16.1 Å². The number of guanidine groups is 1. The second-order valence-electron chi connectivity index (χ2n) is 5.19. The smallest absolute Gasteiger partial charge is 0.191 e. The number of thiazole rings is 1. The summed E-state index contributed by atoms with van der Waals surface area (Å²) in [6.45, 7) is 11.4. The van der Waals surface area contributed by atoms with Crippen molar-refractivity contribution in [1.82, 2.24) is 15.6 Å². The first-order chi connectivity index (χ1) is 9.65. The molecule has 0 aliphatic rings. The van der Waals surface area contributed by atoms with Crippen LogP contribution in [0.1, 0.15) is 44.0 Å². The van der Waals surface area contributed by atoms with Gasteiger partial charge in [-0.1, -0.05) is 20.8 Å². The molecule has 1 heterocycles. The molecule has 0 radical (unpaired) electrons. The van der Waals surface area contributed by atoms with Crippen molar-refractivity contribution in [2.75, 3.05) is 19.6 Å². The molecule has 0 aromatic carbocycles. The van der Waals surface area contributed by atoms with E-state index in [1.54, 1.807) is 0 Å². The average molecular weight is 296 g/mol. The predicted molar refractivity (Wildman–Crippen MR) is 88.6 cm³/mol. The Morgan fingerprint density at radius 3 is 2.75 bits per heavy atom. The Balaban J connectivity index is 2.34. The van der Waals surface area contributed by atoms with Crippen molar-refractivity contribution < 1.29 is 0 Å². The SMILES string of the molecule is CCNC(=NCCC(C)C)NCCc1ncc(CC)s1. The summed E-state index contributed by atoms with van der Waals surface area (Å²) in [4.78, 5) is 10.4. The van der Waals surface area contributed by atoms with Crippen molar-refractivity contribution in [1.29, 1.82) is 0 Å². The van der Waals surface area contributed by atoms with E-state index in [1.165, 1.54) is 9.88 Å². The van der Waals surface area contributed by atoms with E-state index in [0.717, 1.165) is 44.9 Å². The van der Waals surface area contributed by atoms with Gasteiger partial charge in [0, 0.05) is 37.1 Å². The highest BCUT2D eigenvalue weighted by Crippen LogP contribution is 2.13. The first kappa shape index (κ1) is 17.0. The Kier molecular flexibility index (Phi) is 8.26. The summed E-state index contributed by atoms with van der Waals surface area (Å²) < 4.78 is 0. The maximum Gasteiger partial charge on any atom is 0.191 e. The fraction of sp³-hybridized carbons (Fsp3) is 0.733. The summed E-state index contributed by atoms with van der Waals surface area (Å²) in [5, 5.41) is 7.86. The van der Waals surface area contributed by atoms with Gasteiger partial charge < -0.3 is 10.6 Å². The Morgan fingerprint density at radius 1 is 1.35 bits per heavy atom. The van der Waals surface area contributed by atoms with Crippen LogP contribution in [0.4, 0.5) is 0 Å². The summed E-state index contributed by atoms with van der Waals surface area (Å²) >= 11 is 1.81. The number of aliphatic imine (C=N–C) groups is 1. The van der Waals surface area contributed by atoms with E-state index in [9.17, 15) is 0 Å². The molecule has 0 spiro atoms. The van der Waals surface area contributed by atoms with E-state index in [0.29, 0.717) is 5.92 Å². The maximum absolute atomic E-state index is 4.58. The van der Waals surface area contributed by atoms with E-state index in [-0.39, 0.29) is 0 Å². The van der Waals surface area contributed by atoms with Gasteiger partial charge >= 0.3 is 0 Å². The minimum atomic E-state index is 0.699. The van der Waals surface area contributed by atoms with Crippen molar-refractivity contribution in [3.8, 4) is 0 Å². The third-order valence-corrected chi connectivity index (χ3v) is 4.10. The Morgan fingerprint density at radius 2 is 2.15 bits per heavy atom. The third-order valence-electron chi connectivity index (χ3n) is 2.90. The monoisotopic (exact) mass is 296 g/mol. The quantitative estimate of drug-likeness (QED) is 0.573. The molecule has 1 aromatic heterocycles. The zero-order valence-electron chi connectivity index (χ0n) is 13.2. The Bertz CT molecular complexity index is 398. The number of aryl methyl sites for hydroxylation is 1. The van der Waals surface area contributed by atoms with Crippen LogP contribution in [0.3, 0.4) is 0 Å². The molecule has 114 valence electrons. The van der Waals surface area contributed by atoms with Gasteiger partial charge in [-0.2, -0.15) is 0 Å². The normalized spacial score (nSPS) is 11.9. The molecule has 4 nitrogen and oxygen atoms in total. The molecule has 0 aliphatic carbocycles. The average Bonchev–Trinajstić information content (AvgIpc) is 2.86. The van der Waals surface area contributed by atoms with Gasteiger partial charge in [-0.25, -0.2) is 4.98 Å². The lowest BCUT2D eigenvalue weighted by Crippen LogP contribution is -2.38. The van der Waals surface area contributed by atoms with Crippen LogP contribution < -0.4 is 10.6 Å². The number of rotatable bonds is 8. The number of hydrogen-bond donors (Lipinski definition) is 2. The van der Waals surface area contributed by atoms with Crippen molar-refractivity contribution in [3.63, 3.8) is 0 Å². The van der Waals surface area contributed by atoms with E-state index >= 15 is 0 Å². The molecule has 0 amide bonds. The molecule has 1 aromatic rings. The van der Waals surface area contributed by atoms with Gasteiger partial charge in [-0.05, 0) is 25.7 Å². The second-order valence-corrected chi connectivity index (χ2v) is 6.39. The van der Waals surface area contributed by atoms with Crippen LogP contribution in [0.15, 0.2) is 11.2 Å². The van der Waals surface area contributed by atoms with Crippen molar-refractivity contribution in [2.45, 2.75) is 47.0 Å². The molecule has 0 saturated carbocycles. The van der Waals surface area contributed by atoms with Crippen LogP contribution in [-0.4, -0.2) is 30.6 Å². The minimum absolute atomic E-state index is 0.699. The molecule has 0 fully saturated rings. The number of nitrogens with one attached hydrogen (secondary N) is 2. The predicted octanol–water partition coefficient (Wildman–Crippen LogP) is 2.85. The van der Waals surface area contributed by atoms with Crippen molar-refractivity contribution in [2.24, 2.45) is 10.9 Å². The molecule has 0 bridgehead atoms. The van der Waals surface area contributed by atoms with Gasteiger partial charge in [0.2, 0.25) is 0 Å². The van der Waals surface area contributed by atoms with E-state index in [2.05, 4.69) is 48.3 Å². The highest BCUT2D eigenvalue weighted by molar-refractivity contribution is 7.11. The van der Waals surface area contributed by atoms with Gasteiger partial charge in [0.1, 0.15) is 0 Å². The van der Waals surface area contributed by atoms with Crippen LogP contribution in [0.2, 0.25) is 0 Å². The number of aromatic nitrogens is 1. The zero-order chi connectivity index (χ0) is 14.8. The van der Waals surface area contributed by atoms with E-state index < -0.39 is 0 Å². The molecule has 0 aliphatic heterocycles. The highest BCUT2D eigenvalue weighted by atomic mass is 32.1. The van der Waals surface area contributed by atoms with Crippen LogP contribution >= 0.6 is 11.3 Å². The number of nitrogens with zero attached hydrogens (tertiary/aromatic N) is 2. The molecule has 0 unspecified atom stereocenters. The second kappa shape index (κ2) is 9.75. The van der Waals surface area contributed by atoms with Crippen LogP contribution in [0.5, 0.6) is 0 Å². The molecule has 0 saturated heterocycles. The van der Waals surface area contributed by atoms with E-state index in [1.807, 2.05) is 17.5 Å². The lowest BCUT2D eigenvalue weighted by molar-refractivity contribution is 0.594. The fourth-order valence-corrected chi connectivity index (χ4v) is 2.55. The van der Waals surface area contributed by atoms with E-state index in [4.69, 9.17) is 0 Å². The van der Waals surface area contributed by atoms with Crippen LogP contribution in [0.25, 0.3) is 0 Å². The summed E-state index contributed by atoms with van der Waals surface area (Å²) in [6.07, 6.45) is 5.15. The van der Waals surface area contributed by atoms with Gasteiger partial charge in [-0.15, -0.1) is 11.3 Å². The topological polar surface area (TPSA) is 49.3 Å². The molecule has 1 rings (SSSR count). The highest BCUT2D eigenvalue weighted by Gasteiger charge is 2.02. The molecule has 5 heteroatoms. The fourth-order valence-electron chi connectivity index (χ4n) is 1.69. The summed E-state index contributed by atoms with van der Waals surface area (Å²) in [6, 6.07) is 0. The first-order valence-corrected chi connectivity index (χ1v) is 8.43. The summed E-state index contributed by atoms with van der Waals surface area (Å²) in [5.41, 5.74) is 0. The maximum atomic E-state index is 4.58. The molecule has 0 atom stereocenters. The summed E-state index contributed by atoms with van der Waals surface area (Å²) in [7, 11) is 0. The lowest BCUT2D eigenvalue weighted by atomic mass is 10.1. The minimum Gasteiger partial charge on any atom is -0.357 e. The van der Waals surface area contributed by atoms with Gasteiger partial charge in [0.25, 0.3) is 0 Å². The molecule has 20 heavy (non-hydrogen) atoms. The van der Waals surface area contributed by atoms with Crippen LogP contribution in [-0.2, 0) is 12.8 Å². The first-order valence-electron chi connectivity index (χ1n) is 7.61. The van der Waals surface area contributed by atoms with Gasteiger partial charge in [0.05, 0.1) is 5.01 Å². The lowest BCUT2D eigenvalue weighted by Gasteiger charge is -2.11. The number of hydrogen-bond acceptors (Lipinski definition) is 3. The van der Waals surface area contributed by atoms with Crippen LogP contribution in [0, 0.1) is 5.92 Å². The van der Waals surface area contributed by atoms with Crippen molar-refractivity contribution >= 4 is 17.3 Å². The zero-order valence-corrected chi connectivity index (χ0v) is 14.0. The standard InChI is InChI=1S/C15H28N4S/c1-5-13-11-19-14(20-13)8-10-18-15(16-6-2)17-9-7-12(3)4/h11-12H,5-10H2,1-4H3,(H2,16,17,18). The van der Waals surface area contributed by atoms with Gasteiger partial charge in [-0.3, -0.25) is 4.99 Å². The summed E-state index contributed by atoms with van der Waals surface area (Å²) in [5.74, 6) is 1.62. The van der Waals surface area contributed by atoms with Gasteiger partial charge in [0.15, 0.2) is 5.96 Å². The largest absolute Gasteiger partial charge is 0.357 e. The molecular weight excluding hydrogens is 268 g/mol. The Labute approximate surface area is 127 Å². The third kappa shape index (κ3) is 6.89.